The molecule has 16 amide bonds. The number of rotatable bonds is 24. The number of nitrogens with two attached hydrogens (primary N) is 1. The minimum absolute atomic E-state index is 0.0579. The number of imidazole rings is 2. The van der Waals surface area contributed by atoms with E-state index in [0.717, 1.165) is 11.8 Å². The molecule has 5 aromatic carbocycles. The van der Waals surface area contributed by atoms with E-state index in [1.165, 1.54) is 122 Å². The van der Waals surface area contributed by atoms with Crippen molar-refractivity contribution in [1.29, 1.82) is 0 Å². The number of nitrogens with zero attached hydrogens (tertiary/aromatic N) is 2. The van der Waals surface area contributed by atoms with Crippen LogP contribution < -0.4 is 85.5 Å². The smallest absolute Gasteiger partial charge is 0.245 e. The minimum atomic E-state index is -1.88. The van der Waals surface area contributed by atoms with Crippen LogP contribution in [0.25, 0.3) is 0 Å². The molecule has 41 nitrogen and oxygen atoms in total. The number of hydrogen-bond donors (Lipinski definition) is 23. The Labute approximate surface area is 758 Å². The van der Waals surface area contributed by atoms with Crippen molar-refractivity contribution in [1.82, 2.24) is 99.7 Å². The van der Waals surface area contributed by atoms with Gasteiger partial charge in [0.05, 0.1) is 56.0 Å². The third kappa shape index (κ3) is 34.3. The van der Waals surface area contributed by atoms with Crippen molar-refractivity contribution in [3.05, 3.63) is 192 Å². The summed E-state index contributed by atoms with van der Waals surface area (Å²) in [4.78, 5) is 246. The molecule has 2 aromatic heterocycles. The van der Waals surface area contributed by atoms with Crippen LogP contribution in [0.3, 0.4) is 0 Å². The number of carbonyl (C=O) groups excluding carboxylic acids is 16. The molecule has 0 saturated carbocycles. The summed E-state index contributed by atoms with van der Waals surface area (Å²) in [6.45, 7) is 6.68. The normalized spacial score (nSPS) is 22.4. The number of aromatic hydroxyl groups is 4. The lowest BCUT2D eigenvalue weighted by Crippen LogP contribution is -2.62. The van der Waals surface area contributed by atoms with E-state index < -0.39 is 211 Å². The number of nitrogens with one attached hydrogen (secondary N) is 17. The average molecular weight is 1830 g/mol. The Morgan fingerprint density at radius 3 is 1.11 bits per heavy atom. The Morgan fingerprint density at radius 2 is 0.718 bits per heavy atom. The molecule has 0 unspecified atom stereocenters. The van der Waals surface area contributed by atoms with Crippen LogP contribution in [-0.2, 0) is 122 Å². The van der Waals surface area contributed by atoms with E-state index in [1.807, 2.05) is 0 Å². The molecule has 8 rings (SSSR count). The van der Waals surface area contributed by atoms with Gasteiger partial charge < -0.3 is 121 Å². The van der Waals surface area contributed by atoms with E-state index in [9.17, 15) is 83.1 Å². The number of H-pyrrole nitrogens is 2. The second-order valence-electron chi connectivity index (χ2n) is 32.5. The van der Waals surface area contributed by atoms with Gasteiger partial charge in [-0.2, -0.15) is 0 Å². The number of benzene rings is 5. The highest BCUT2D eigenvalue weighted by Gasteiger charge is 2.39. The molecule has 24 N–H and O–H groups in total. The van der Waals surface area contributed by atoms with Crippen LogP contribution >= 0.6 is 11.8 Å². The number of aromatic nitrogens is 4. The van der Waals surface area contributed by atoms with E-state index in [1.54, 1.807) is 71.9 Å². The van der Waals surface area contributed by atoms with Gasteiger partial charge in [0.1, 0.15) is 95.5 Å². The highest BCUT2D eigenvalue weighted by molar-refractivity contribution is 8.00. The van der Waals surface area contributed by atoms with E-state index in [0.29, 0.717) is 27.8 Å². The lowest BCUT2D eigenvalue weighted by molar-refractivity contribution is -0.136. The Balaban J connectivity index is 1.17. The van der Waals surface area contributed by atoms with Crippen molar-refractivity contribution in [3.8, 4) is 23.0 Å². The first-order valence-corrected chi connectivity index (χ1v) is 43.7. The van der Waals surface area contributed by atoms with Gasteiger partial charge in [0.2, 0.25) is 94.5 Å². The second-order valence-corrected chi connectivity index (χ2v) is 33.5. The van der Waals surface area contributed by atoms with Gasteiger partial charge in [0.25, 0.3) is 0 Å². The summed E-state index contributed by atoms with van der Waals surface area (Å²) in [5.41, 5.74) is 7.74. The molecular weight excluding hydrogens is 1720 g/mol. The maximum absolute atomic E-state index is 15.4. The maximum atomic E-state index is 15.4. The van der Waals surface area contributed by atoms with Crippen LogP contribution in [0.5, 0.6) is 23.0 Å². The average Bonchev–Trinajstić information content (AvgIpc) is 0.992. The van der Waals surface area contributed by atoms with E-state index in [4.69, 9.17) is 5.73 Å². The zero-order valence-corrected chi connectivity index (χ0v) is 73.9. The summed E-state index contributed by atoms with van der Waals surface area (Å²) in [5, 5.41) is 91.0. The van der Waals surface area contributed by atoms with Crippen LogP contribution in [0.15, 0.2) is 152 Å². The first kappa shape index (κ1) is 102. The fourth-order valence-electron chi connectivity index (χ4n) is 13.8. The number of phenols is 4. The van der Waals surface area contributed by atoms with E-state index in [-0.39, 0.29) is 110 Å². The molecule has 7 aromatic rings. The van der Waals surface area contributed by atoms with Gasteiger partial charge in [-0.1, -0.05) is 127 Å². The largest absolute Gasteiger partial charge is 0.508 e. The van der Waals surface area contributed by atoms with Gasteiger partial charge in [-0.3, -0.25) is 76.7 Å². The molecule has 3 heterocycles. The summed E-state index contributed by atoms with van der Waals surface area (Å²) >= 11 is 0.763. The van der Waals surface area contributed by atoms with Crippen molar-refractivity contribution in [2.45, 2.75) is 178 Å². The van der Waals surface area contributed by atoms with Gasteiger partial charge >= 0.3 is 0 Å². The number of primary amides is 1. The standard InChI is InChI=1S/C89H114N20O21S/c1-7-50(6)77-89(130)107-68(35-55-19-27-61(114)28-20-55)84(125)105-67(34-54-17-25-60(113)26-18-54)83(124)104-66(31-51-11-9-8-10-12-51)85(126)108-71(43-110)88(129)102-63(30-49(4)5)81(122)103-64(32-52-13-21-58(111)22-14-52)79(120)95-41-74(116)98-69(36-56-38-91-46-96-56)86(127)101-62(29-48(2)3)78(119)94-42-75(117)100-72(80(121)93-40-73(90)115)44-131-45-76(118)99-65(33-53-15-23-59(112)24-16-53)82(123)106-70(87(128)109-77)37-57-39-92-47-97-57/h8-28,38-39,46-50,62-72,77,110-114H,7,29-37,40-45H2,1-6H3,(H2,90,115)(H,91,96)(H,92,97)(H,93,121)(H,94,119)(H,95,120)(H,98,116)(H,99,118)(H,100,117)(H,101,127)(H,102,129)(H,103,122)(H,104,124)(H,105,125)(H,106,123)(H,107,130)(H,108,126)(H,109,128)/t50-,62-,63-,64-,65-,66-,67-,68-,69-,70-,71-,72-,77-/m0/s1. The Bertz CT molecular complexity index is 5040. The summed E-state index contributed by atoms with van der Waals surface area (Å²) in [6, 6.07) is 11.2. The van der Waals surface area contributed by atoms with Gasteiger partial charge in [0, 0.05) is 63.1 Å². The number of aliphatic hydroxyl groups is 1. The van der Waals surface area contributed by atoms with Crippen LogP contribution in [0.4, 0.5) is 0 Å². The molecule has 1 fully saturated rings. The monoisotopic (exact) mass is 1830 g/mol. The quantitative estimate of drug-likeness (QED) is 0.0297. The molecular formula is C89H114N20O21S. The van der Waals surface area contributed by atoms with Gasteiger partial charge in [0.15, 0.2) is 0 Å². The van der Waals surface area contributed by atoms with Gasteiger partial charge in [-0.25, -0.2) is 9.97 Å². The third-order valence-corrected chi connectivity index (χ3v) is 22.0. The van der Waals surface area contributed by atoms with Gasteiger partial charge in [-0.05, 0) is 107 Å². The summed E-state index contributed by atoms with van der Waals surface area (Å²) < 4.78 is 0. The van der Waals surface area contributed by atoms with Crippen LogP contribution in [-0.4, -0.2) is 250 Å². The zero-order chi connectivity index (χ0) is 95.4. The number of thioether (sulfide) groups is 1. The summed E-state index contributed by atoms with van der Waals surface area (Å²) in [5.74, 6) is -18.8. The molecule has 42 heteroatoms. The van der Waals surface area contributed by atoms with E-state index >= 15 is 19.2 Å². The molecule has 1 aliphatic rings. The number of hydrogen-bond acceptors (Lipinski definition) is 24. The second kappa shape index (κ2) is 50.9. The zero-order valence-electron chi connectivity index (χ0n) is 73.1. The van der Waals surface area contributed by atoms with Crippen molar-refractivity contribution in [2.75, 3.05) is 37.7 Å². The first-order chi connectivity index (χ1) is 62.5. The predicted octanol–water partition coefficient (Wildman–Crippen LogP) is -2.52. The van der Waals surface area contributed by atoms with Crippen molar-refractivity contribution in [2.24, 2.45) is 23.5 Å². The lowest BCUT2D eigenvalue weighted by Gasteiger charge is -2.30. The number of aliphatic hydroxyl groups excluding tert-OH is 1. The Hall–Kier alpha value is -14.5. The van der Waals surface area contributed by atoms with Crippen molar-refractivity contribution >= 4 is 106 Å². The fourth-order valence-corrected chi connectivity index (χ4v) is 14.6. The number of carbonyl (C=O) groups is 16. The molecule has 702 valence electrons. The molecule has 1 saturated heterocycles. The summed E-state index contributed by atoms with van der Waals surface area (Å²) in [6.07, 6.45) is 3.21. The van der Waals surface area contributed by atoms with Crippen LogP contribution in [0.1, 0.15) is 100 Å². The molecule has 0 bridgehead atoms. The molecule has 1 aliphatic heterocycles. The minimum Gasteiger partial charge on any atom is -0.508 e. The highest BCUT2D eigenvalue weighted by atomic mass is 32.2. The van der Waals surface area contributed by atoms with Crippen molar-refractivity contribution in [3.63, 3.8) is 0 Å². The topological polar surface area (TPSA) is 638 Å². The summed E-state index contributed by atoms with van der Waals surface area (Å²) in [7, 11) is 0. The van der Waals surface area contributed by atoms with Crippen molar-refractivity contribution < 1.29 is 102 Å². The van der Waals surface area contributed by atoms with Crippen LogP contribution in [0.2, 0.25) is 0 Å². The highest BCUT2D eigenvalue weighted by Crippen LogP contribution is 2.21. The van der Waals surface area contributed by atoms with Gasteiger partial charge in [-0.15, -0.1) is 11.8 Å². The van der Waals surface area contributed by atoms with Crippen LogP contribution in [0, 0.1) is 17.8 Å². The maximum Gasteiger partial charge on any atom is 0.245 e. The molecule has 0 aliphatic carbocycles. The molecule has 0 spiro atoms. The lowest BCUT2D eigenvalue weighted by atomic mass is 9.96. The first-order valence-electron chi connectivity index (χ1n) is 42.5. The number of amides is 16. The number of aromatic amines is 2. The Kier molecular flexibility index (Phi) is 39.6. The fraction of sp³-hybridized carbons (Fsp3) is 0.416. The predicted molar refractivity (Wildman–Crippen MR) is 476 cm³/mol. The van der Waals surface area contributed by atoms with E-state index in [2.05, 4.69) is 99.7 Å². The molecule has 0 radical (unpaired) electrons. The third-order valence-electron chi connectivity index (χ3n) is 20.9. The molecule has 131 heavy (non-hydrogen) atoms. The number of phenolic OH excluding ortho intramolecular Hbond substituents is 4. The molecule has 13 atom stereocenters. The Morgan fingerprint density at radius 1 is 0.397 bits per heavy atom. The SMILES string of the molecule is CC[C@H](C)[C@@H]1NC(=O)[C@H](Cc2c[nH]cn2)NC(=O)[C@H](Cc2ccc(O)cc2)NC(=O)CSC[C@@H](C(=O)NCC(N)=O)NC(=O)CNC(=O)[C@H](CC(C)C)NC(=O)[C@H](Cc2c[nH]cn2)NC(=O)CNC(=O)[C@H](Cc2ccc(O)cc2)NC(=O)[C@H](CC(C)C)NC(=O)[C@H](CO)NC(=O)[C@H](Cc2ccccc2)NC(=O)[C@H](Cc2ccc(O)cc2)NC(=O)[C@H](Cc2ccc(O)cc2)NC1=O.